The molecule has 0 aromatic carbocycles. The quantitative estimate of drug-likeness (QED) is 0.279. The van der Waals surface area contributed by atoms with E-state index in [1.165, 1.54) is 6.26 Å². The molecule has 0 radical (unpaired) electrons. The summed E-state index contributed by atoms with van der Waals surface area (Å²) >= 11 is 0. The molecule has 0 unspecified atom stereocenters. The monoisotopic (exact) mass is 442 g/mol. The van der Waals surface area contributed by atoms with E-state index in [2.05, 4.69) is 13.8 Å². The van der Waals surface area contributed by atoms with Gasteiger partial charge in [-0.1, -0.05) is 20.3 Å². The first-order valence-corrected chi connectivity index (χ1v) is 10.7. The Bertz CT molecular complexity index is 734. The fraction of sp³-hybridized carbons (Fsp3) is 0.762. The number of aliphatic hydroxyl groups is 4. The fourth-order valence-corrected chi connectivity index (χ4v) is 4.43. The highest BCUT2D eigenvalue weighted by molar-refractivity contribution is 5.92. The molecule has 0 aromatic rings. The largest absolute Gasteiger partial charge is 0.471 e. The average Bonchev–Trinajstić information content (AvgIpc) is 3.27. The third-order valence-electron chi connectivity index (χ3n) is 6.49. The molecule has 0 spiro atoms. The minimum Gasteiger partial charge on any atom is -0.471 e. The van der Waals surface area contributed by atoms with Gasteiger partial charge in [-0.3, -0.25) is 0 Å². The SMILES string of the molecule is CC[C@H](C)COCC1=C[C@@H]2OC(=O)C3=CO[C@@H](O[C@@H]4O[C@H](CO)[C@@H](O)[C@H](O)[C@H]4O)[C@H]1[C@@H]32. The van der Waals surface area contributed by atoms with Crippen LogP contribution in [0.25, 0.3) is 0 Å². The molecule has 0 saturated carbocycles. The molecule has 0 aromatic heterocycles. The molecule has 4 N–H and O–H groups in total. The van der Waals surface area contributed by atoms with Crippen LogP contribution in [0.5, 0.6) is 0 Å². The van der Waals surface area contributed by atoms with Crippen LogP contribution in [0.1, 0.15) is 20.3 Å². The average molecular weight is 442 g/mol. The predicted molar refractivity (Wildman–Crippen MR) is 103 cm³/mol. The van der Waals surface area contributed by atoms with Gasteiger partial charge in [-0.15, -0.1) is 0 Å². The zero-order chi connectivity index (χ0) is 22.3. The predicted octanol–water partition coefficient (Wildman–Crippen LogP) is -0.796. The van der Waals surface area contributed by atoms with Crippen LogP contribution in [-0.4, -0.2) is 89.3 Å². The lowest BCUT2D eigenvalue weighted by atomic mass is 9.84. The molecule has 10 atom stereocenters. The highest BCUT2D eigenvalue weighted by atomic mass is 16.8. The Balaban J connectivity index is 1.51. The second-order valence-electron chi connectivity index (χ2n) is 8.60. The Kier molecular flexibility index (Phi) is 6.68. The van der Waals surface area contributed by atoms with E-state index in [9.17, 15) is 25.2 Å². The van der Waals surface area contributed by atoms with Crippen molar-refractivity contribution in [3.05, 3.63) is 23.5 Å². The van der Waals surface area contributed by atoms with Crippen molar-refractivity contribution in [1.29, 1.82) is 0 Å². The van der Waals surface area contributed by atoms with Crippen LogP contribution >= 0.6 is 0 Å². The van der Waals surface area contributed by atoms with Crippen molar-refractivity contribution in [2.75, 3.05) is 19.8 Å². The maximum absolute atomic E-state index is 12.1. The zero-order valence-corrected chi connectivity index (χ0v) is 17.5. The van der Waals surface area contributed by atoms with E-state index in [1.807, 2.05) is 6.08 Å². The first kappa shape index (κ1) is 22.7. The fourth-order valence-electron chi connectivity index (χ4n) is 4.43. The summed E-state index contributed by atoms with van der Waals surface area (Å²) in [6, 6.07) is 0. The molecule has 10 nitrogen and oxygen atoms in total. The molecule has 4 aliphatic rings. The topological polar surface area (TPSA) is 144 Å². The minimum atomic E-state index is -1.56. The smallest absolute Gasteiger partial charge is 0.338 e. The van der Waals surface area contributed by atoms with Crippen molar-refractivity contribution >= 4 is 5.97 Å². The summed E-state index contributed by atoms with van der Waals surface area (Å²) in [5.74, 6) is -0.764. The van der Waals surface area contributed by atoms with E-state index in [1.54, 1.807) is 0 Å². The van der Waals surface area contributed by atoms with Gasteiger partial charge < -0.3 is 44.1 Å². The Labute approximate surface area is 180 Å². The van der Waals surface area contributed by atoms with Gasteiger partial charge in [0.05, 0.1) is 31.0 Å². The number of hydrogen-bond donors (Lipinski definition) is 4. The van der Waals surface area contributed by atoms with E-state index in [-0.39, 0.29) is 5.92 Å². The van der Waals surface area contributed by atoms with Crippen molar-refractivity contribution in [1.82, 2.24) is 0 Å². The Morgan fingerprint density at radius 1 is 1.13 bits per heavy atom. The third-order valence-corrected chi connectivity index (χ3v) is 6.49. The normalized spacial score (nSPS) is 42.4. The molecule has 10 heteroatoms. The molecule has 3 aliphatic heterocycles. The molecule has 174 valence electrons. The van der Waals surface area contributed by atoms with E-state index in [0.717, 1.165) is 12.0 Å². The lowest BCUT2D eigenvalue weighted by molar-refractivity contribution is -0.339. The van der Waals surface area contributed by atoms with Crippen LogP contribution in [0.3, 0.4) is 0 Å². The molecule has 31 heavy (non-hydrogen) atoms. The first-order chi connectivity index (χ1) is 14.8. The third kappa shape index (κ3) is 4.13. The molecule has 2 saturated heterocycles. The van der Waals surface area contributed by atoms with Gasteiger partial charge in [-0.25, -0.2) is 4.79 Å². The van der Waals surface area contributed by atoms with Gasteiger partial charge in [0, 0.05) is 12.5 Å². The second kappa shape index (κ2) is 9.14. The summed E-state index contributed by atoms with van der Waals surface area (Å²) in [6.45, 7) is 4.51. The molecule has 0 amide bonds. The van der Waals surface area contributed by atoms with Gasteiger partial charge in [0.15, 0.2) is 6.29 Å². The Morgan fingerprint density at radius 3 is 2.61 bits per heavy atom. The number of hydrogen-bond acceptors (Lipinski definition) is 10. The van der Waals surface area contributed by atoms with Gasteiger partial charge in [-0.2, -0.15) is 0 Å². The first-order valence-electron chi connectivity index (χ1n) is 10.7. The van der Waals surface area contributed by atoms with Crippen molar-refractivity contribution < 1.29 is 48.9 Å². The Morgan fingerprint density at radius 2 is 1.90 bits per heavy atom. The Hall–Kier alpha value is -1.53. The molecule has 2 fully saturated rings. The maximum atomic E-state index is 12.1. The summed E-state index contributed by atoms with van der Waals surface area (Å²) in [5.41, 5.74) is 1.27. The summed E-state index contributed by atoms with van der Waals surface area (Å²) < 4.78 is 28.3. The van der Waals surface area contributed by atoms with Crippen LogP contribution in [0, 0.1) is 17.8 Å². The minimum absolute atomic E-state index is 0.307. The molecular formula is C21H30O10. The number of aliphatic hydroxyl groups excluding tert-OH is 4. The molecule has 4 rings (SSSR count). The molecule has 0 bridgehead atoms. The van der Waals surface area contributed by atoms with Gasteiger partial charge in [0.25, 0.3) is 0 Å². The van der Waals surface area contributed by atoms with Gasteiger partial charge in [0.1, 0.15) is 30.5 Å². The molecular weight excluding hydrogens is 412 g/mol. The van der Waals surface area contributed by atoms with Gasteiger partial charge in [-0.05, 0) is 17.6 Å². The molecule has 1 aliphatic carbocycles. The summed E-state index contributed by atoms with van der Waals surface area (Å²) in [5, 5.41) is 39.7. The highest BCUT2D eigenvalue weighted by Gasteiger charge is 2.56. The number of carbonyl (C=O) groups is 1. The summed E-state index contributed by atoms with van der Waals surface area (Å²) in [4.78, 5) is 12.1. The lowest BCUT2D eigenvalue weighted by Gasteiger charge is -2.42. The van der Waals surface area contributed by atoms with Crippen molar-refractivity contribution in [2.24, 2.45) is 17.8 Å². The van der Waals surface area contributed by atoms with Crippen LogP contribution in [-0.2, 0) is 28.5 Å². The number of carbonyl (C=O) groups excluding carboxylic acids is 1. The van der Waals surface area contributed by atoms with E-state index >= 15 is 0 Å². The standard InChI is InChI=1S/C21H30O10/c1-3-9(2)6-27-7-10-4-12-15-11(19(26)29-12)8-28-20(14(10)15)31-21-18(25)17(24)16(23)13(5-22)30-21/h4,8-9,12-18,20-25H,3,5-7H2,1-2H3/t9-,12-,13+,14+,15-,16+,17-,18+,20-,21-/m0/s1. The summed E-state index contributed by atoms with van der Waals surface area (Å²) in [7, 11) is 0. The number of ether oxygens (including phenoxy) is 5. The van der Waals surface area contributed by atoms with Crippen molar-refractivity contribution in [2.45, 2.75) is 63.4 Å². The van der Waals surface area contributed by atoms with Crippen LogP contribution in [0.2, 0.25) is 0 Å². The lowest BCUT2D eigenvalue weighted by Crippen LogP contribution is -2.60. The number of rotatable bonds is 8. The van der Waals surface area contributed by atoms with Gasteiger partial charge >= 0.3 is 5.97 Å². The number of esters is 1. The van der Waals surface area contributed by atoms with E-state index in [0.29, 0.717) is 24.7 Å². The van der Waals surface area contributed by atoms with Crippen LogP contribution < -0.4 is 0 Å². The molecule has 3 heterocycles. The zero-order valence-electron chi connectivity index (χ0n) is 17.5. The van der Waals surface area contributed by atoms with Crippen LogP contribution in [0.15, 0.2) is 23.5 Å². The highest BCUT2D eigenvalue weighted by Crippen LogP contribution is 2.49. The summed E-state index contributed by atoms with van der Waals surface area (Å²) in [6.07, 6.45) is -4.31. The van der Waals surface area contributed by atoms with Gasteiger partial charge in [0.2, 0.25) is 6.29 Å². The van der Waals surface area contributed by atoms with Crippen molar-refractivity contribution in [3.63, 3.8) is 0 Å². The van der Waals surface area contributed by atoms with E-state index in [4.69, 9.17) is 23.7 Å². The van der Waals surface area contributed by atoms with Crippen molar-refractivity contribution in [3.8, 4) is 0 Å². The maximum Gasteiger partial charge on any atom is 0.338 e. The second-order valence-corrected chi connectivity index (χ2v) is 8.60. The van der Waals surface area contributed by atoms with Crippen LogP contribution in [0.4, 0.5) is 0 Å². The van der Waals surface area contributed by atoms with E-state index < -0.39 is 61.6 Å².